The van der Waals surface area contributed by atoms with Crippen LogP contribution in [0.25, 0.3) is 0 Å². The van der Waals surface area contributed by atoms with Crippen LogP contribution in [0.3, 0.4) is 0 Å². The van der Waals surface area contributed by atoms with Crippen LogP contribution in [0, 0.1) is 0 Å². The highest BCUT2D eigenvalue weighted by Crippen LogP contribution is 2.38. The first-order chi connectivity index (χ1) is 10.7. The molecule has 0 heterocycles. The molecule has 0 aromatic heterocycles. The van der Waals surface area contributed by atoms with E-state index in [-0.39, 0.29) is 17.4 Å². The largest absolute Gasteiger partial charge is 0.318 e. The Morgan fingerprint density at radius 2 is 1.43 bits per heavy atom. The average molecular weight is 336 g/mol. The monoisotopic (exact) mass is 336 g/mol. The number of rotatable bonds is 8. The van der Waals surface area contributed by atoms with Crippen molar-refractivity contribution in [1.29, 1.82) is 0 Å². The minimum Gasteiger partial charge on any atom is -0.318 e. The molecule has 23 heavy (non-hydrogen) atoms. The number of unbranched alkanes of at least 4 members (excludes halogenated alkanes) is 1. The molecule has 1 atom stereocenters. The van der Waals surface area contributed by atoms with Crippen molar-refractivity contribution in [1.82, 2.24) is 0 Å². The van der Waals surface area contributed by atoms with Crippen molar-refractivity contribution in [3.8, 4) is 0 Å². The summed E-state index contributed by atoms with van der Waals surface area (Å²) in [7, 11) is -2.21. The maximum Gasteiger partial charge on any atom is 0.219 e. The lowest BCUT2D eigenvalue weighted by atomic mass is 9.85. The maximum absolute atomic E-state index is 12.9. The molecule has 0 radical (unpaired) electrons. The molecule has 0 aliphatic heterocycles. The second-order valence-electron chi connectivity index (χ2n) is 7.39. The summed E-state index contributed by atoms with van der Waals surface area (Å²) in [6.45, 7) is 14.9. The summed E-state index contributed by atoms with van der Waals surface area (Å²) < 4.78 is 12.5. The third-order valence-corrected chi connectivity index (χ3v) is 5.93. The molecular formula is C20H33O2P. The molecule has 1 aromatic carbocycles. The number of hydrogen-bond donors (Lipinski definition) is 0. The summed E-state index contributed by atoms with van der Waals surface area (Å²) in [4.78, 5) is 12.9. The van der Waals surface area contributed by atoms with E-state index in [9.17, 15) is 9.36 Å². The van der Waals surface area contributed by atoms with E-state index in [1.165, 1.54) is 5.56 Å². The van der Waals surface area contributed by atoms with Gasteiger partial charge in [-0.25, -0.2) is 0 Å². The van der Waals surface area contributed by atoms with Crippen molar-refractivity contribution in [2.24, 2.45) is 0 Å². The SMILES string of the molecule is CCCC[PH](=O)C(=O)c1c(C(C)C)cc(C(C)C)cc1C(C)C. The highest BCUT2D eigenvalue weighted by atomic mass is 31.1. The molecular weight excluding hydrogens is 303 g/mol. The molecule has 130 valence electrons. The van der Waals surface area contributed by atoms with Crippen molar-refractivity contribution in [3.05, 3.63) is 34.4 Å². The molecule has 0 aliphatic rings. The molecule has 0 bridgehead atoms. The molecule has 0 amide bonds. The second-order valence-corrected chi connectivity index (χ2v) is 9.19. The van der Waals surface area contributed by atoms with Crippen molar-refractivity contribution < 1.29 is 9.36 Å². The van der Waals surface area contributed by atoms with Crippen LogP contribution in [-0.4, -0.2) is 11.7 Å². The van der Waals surface area contributed by atoms with Gasteiger partial charge in [0, 0.05) is 11.7 Å². The summed E-state index contributed by atoms with van der Waals surface area (Å²) in [5.41, 5.74) is 4.05. The van der Waals surface area contributed by atoms with Crippen LogP contribution in [0.5, 0.6) is 0 Å². The van der Waals surface area contributed by atoms with Gasteiger partial charge in [0.15, 0.2) is 0 Å². The van der Waals surface area contributed by atoms with E-state index in [0.717, 1.165) is 29.5 Å². The zero-order valence-corrected chi connectivity index (χ0v) is 16.8. The zero-order valence-electron chi connectivity index (χ0n) is 15.8. The quantitative estimate of drug-likeness (QED) is 0.504. The average Bonchev–Trinajstić information content (AvgIpc) is 2.50. The number of benzene rings is 1. The highest BCUT2D eigenvalue weighted by molar-refractivity contribution is 7.64. The van der Waals surface area contributed by atoms with Crippen molar-refractivity contribution in [3.63, 3.8) is 0 Å². The van der Waals surface area contributed by atoms with Gasteiger partial charge in [-0.3, -0.25) is 4.79 Å². The Balaban J connectivity index is 3.48. The van der Waals surface area contributed by atoms with Gasteiger partial charge >= 0.3 is 0 Å². The third kappa shape index (κ3) is 5.05. The van der Waals surface area contributed by atoms with E-state index in [1.54, 1.807) is 0 Å². The van der Waals surface area contributed by atoms with Gasteiger partial charge in [0.05, 0.1) is 0 Å². The van der Waals surface area contributed by atoms with Crippen LogP contribution in [-0.2, 0) is 4.57 Å². The van der Waals surface area contributed by atoms with Gasteiger partial charge in [0.1, 0.15) is 7.80 Å². The Labute approximate surface area is 142 Å². The smallest absolute Gasteiger partial charge is 0.219 e. The van der Waals surface area contributed by atoms with E-state index in [0.29, 0.717) is 12.1 Å². The Morgan fingerprint density at radius 3 is 1.78 bits per heavy atom. The summed E-state index contributed by atoms with van der Waals surface area (Å²) in [5, 5.41) is 0. The molecule has 0 N–H and O–H groups in total. The maximum atomic E-state index is 12.9. The highest BCUT2D eigenvalue weighted by Gasteiger charge is 2.25. The van der Waals surface area contributed by atoms with Gasteiger partial charge in [-0.05, 0) is 40.9 Å². The number of carbonyl (C=O) groups is 1. The lowest BCUT2D eigenvalue weighted by Crippen LogP contribution is -2.10. The van der Waals surface area contributed by atoms with Gasteiger partial charge in [0.25, 0.3) is 0 Å². The predicted molar refractivity (Wildman–Crippen MR) is 102 cm³/mol. The standard InChI is InChI=1S/C20H33O2P/c1-8-9-10-23(22)20(21)19-17(14(4)5)11-16(13(2)3)12-18(19)15(6)7/h11-15,23H,8-10H2,1-7H3. The summed E-state index contributed by atoms with van der Waals surface area (Å²) in [6.07, 6.45) is 2.38. The minimum absolute atomic E-state index is 0.105. The summed E-state index contributed by atoms with van der Waals surface area (Å²) in [6, 6.07) is 4.31. The van der Waals surface area contributed by atoms with Crippen LogP contribution < -0.4 is 0 Å². The topological polar surface area (TPSA) is 34.1 Å². The van der Waals surface area contributed by atoms with Crippen LogP contribution >= 0.6 is 7.80 Å². The van der Waals surface area contributed by atoms with Gasteiger partial charge < -0.3 is 4.57 Å². The zero-order chi connectivity index (χ0) is 17.7. The fourth-order valence-corrected chi connectivity index (χ4v) is 4.28. The first kappa shape index (κ1) is 20.2. The molecule has 1 unspecified atom stereocenters. The second kappa shape index (κ2) is 8.83. The molecule has 1 rings (SSSR count). The first-order valence-electron chi connectivity index (χ1n) is 8.95. The van der Waals surface area contributed by atoms with Crippen LogP contribution in [0.2, 0.25) is 0 Å². The lowest BCUT2D eigenvalue weighted by molar-refractivity contribution is 0.107. The number of carbonyl (C=O) groups excluding carboxylic acids is 1. The fraction of sp³-hybridized carbons (Fsp3) is 0.650. The van der Waals surface area contributed by atoms with Gasteiger partial charge in [-0.15, -0.1) is 0 Å². The van der Waals surface area contributed by atoms with Gasteiger partial charge in [0.2, 0.25) is 5.52 Å². The van der Waals surface area contributed by atoms with Crippen LogP contribution in [0.1, 0.15) is 106 Å². The fourth-order valence-electron chi connectivity index (χ4n) is 2.81. The Kier molecular flexibility index (Phi) is 7.74. The molecule has 0 spiro atoms. The molecule has 1 aromatic rings. The summed E-state index contributed by atoms with van der Waals surface area (Å²) >= 11 is 0. The summed E-state index contributed by atoms with van der Waals surface area (Å²) in [5.74, 6) is 0.934. The Hall–Kier alpha value is -0.880. The first-order valence-corrected chi connectivity index (χ1v) is 10.6. The van der Waals surface area contributed by atoms with E-state index in [2.05, 4.69) is 60.6 Å². The van der Waals surface area contributed by atoms with Gasteiger partial charge in [-0.2, -0.15) is 0 Å². The van der Waals surface area contributed by atoms with Gasteiger partial charge in [-0.1, -0.05) is 67.0 Å². The van der Waals surface area contributed by atoms with E-state index < -0.39 is 7.80 Å². The normalized spacial score (nSPS) is 13.1. The molecule has 3 heteroatoms. The molecule has 0 aliphatic carbocycles. The predicted octanol–water partition coefficient (Wildman–Crippen LogP) is 6.56. The molecule has 0 saturated heterocycles. The molecule has 0 fully saturated rings. The van der Waals surface area contributed by atoms with Crippen molar-refractivity contribution >= 4 is 13.3 Å². The van der Waals surface area contributed by atoms with E-state index >= 15 is 0 Å². The minimum atomic E-state index is -2.21. The van der Waals surface area contributed by atoms with E-state index in [4.69, 9.17) is 0 Å². The lowest BCUT2D eigenvalue weighted by Gasteiger charge is -2.22. The Bertz CT molecular complexity index is 542. The van der Waals surface area contributed by atoms with Crippen LogP contribution in [0.4, 0.5) is 0 Å². The van der Waals surface area contributed by atoms with E-state index in [1.807, 2.05) is 0 Å². The van der Waals surface area contributed by atoms with Crippen LogP contribution in [0.15, 0.2) is 12.1 Å². The number of hydrogen-bond acceptors (Lipinski definition) is 2. The van der Waals surface area contributed by atoms with Crippen molar-refractivity contribution in [2.75, 3.05) is 6.16 Å². The van der Waals surface area contributed by atoms with Crippen molar-refractivity contribution in [2.45, 2.75) is 79.1 Å². The Morgan fingerprint density at radius 1 is 0.957 bits per heavy atom. The molecule has 2 nitrogen and oxygen atoms in total. The molecule has 0 saturated carbocycles. The third-order valence-electron chi connectivity index (χ3n) is 4.37.